The zero-order chi connectivity index (χ0) is 12.4. The number of rotatable bonds is 3. The van der Waals surface area contributed by atoms with Gasteiger partial charge in [0.25, 0.3) is 0 Å². The molecule has 1 aliphatic rings. The van der Waals surface area contributed by atoms with Gasteiger partial charge in [-0.1, -0.05) is 40.5 Å². The van der Waals surface area contributed by atoms with Gasteiger partial charge >= 0.3 is 0 Å². The van der Waals surface area contributed by atoms with Crippen LogP contribution in [0.5, 0.6) is 0 Å². The van der Waals surface area contributed by atoms with Crippen molar-refractivity contribution >= 4 is 5.91 Å². The lowest BCUT2D eigenvalue weighted by Gasteiger charge is -2.29. The molecule has 1 amide bonds. The molecule has 0 aromatic carbocycles. The standard InChI is InChI=1S/C13H26N2O/c1-10(12(2,3)4)9-15-11(16)13(14)7-5-6-8-13/h10H,5-9,14H2,1-4H3,(H,15,16). The first-order valence-electron chi connectivity index (χ1n) is 6.33. The van der Waals surface area contributed by atoms with Crippen molar-refractivity contribution in [3.63, 3.8) is 0 Å². The van der Waals surface area contributed by atoms with E-state index in [1.165, 1.54) is 0 Å². The summed E-state index contributed by atoms with van der Waals surface area (Å²) in [5.74, 6) is 0.502. The van der Waals surface area contributed by atoms with Crippen LogP contribution in [0.15, 0.2) is 0 Å². The largest absolute Gasteiger partial charge is 0.354 e. The Hall–Kier alpha value is -0.570. The first-order valence-corrected chi connectivity index (χ1v) is 6.33. The molecular formula is C13H26N2O. The van der Waals surface area contributed by atoms with E-state index in [2.05, 4.69) is 33.0 Å². The Labute approximate surface area is 99.2 Å². The summed E-state index contributed by atoms with van der Waals surface area (Å²) >= 11 is 0. The average Bonchev–Trinajstić information content (AvgIpc) is 2.60. The Morgan fingerprint density at radius 2 is 1.88 bits per heavy atom. The van der Waals surface area contributed by atoms with Gasteiger partial charge in [0.05, 0.1) is 5.54 Å². The van der Waals surface area contributed by atoms with Gasteiger partial charge in [-0.25, -0.2) is 0 Å². The molecule has 1 rings (SSSR count). The summed E-state index contributed by atoms with van der Waals surface area (Å²) in [6.07, 6.45) is 3.84. The second-order valence-electron chi connectivity index (χ2n) is 6.34. The number of carbonyl (C=O) groups is 1. The first-order chi connectivity index (χ1) is 7.26. The molecule has 0 radical (unpaired) electrons. The van der Waals surface area contributed by atoms with Crippen LogP contribution in [0.3, 0.4) is 0 Å². The van der Waals surface area contributed by atoms with Gasteiger partial charge < -0.3 is 11.1 Å². The van der Waals surface area contributed by atoms with Crippen LogP contribution < -0.4 is 11.1 Å². The third-order valence-corrected chi connectivity index (χ3v) is 4.00. The molecule has 16 heavy (non-hydrogen) atoms. The second-order valence-corrected chi connectivity index (χ2v) is 6.34. The van der Waals surface area contributed by atoms with E-state index in [9.17, 15) is 4.79 Å². The van der Waals surface area contributed by atoms with Crippen LogP contribution in [0.1, 0.15) is 53.4 Å². The van der Waals surface area contributed by atoms with Crippen molar-refractivity contribution in [3.8, 4) is 0 Å². The zero-order valence-corrected chi connectivity index (χ0v) is 11.1. The van der Waals surface area contributed by atoms with E-state index < -0.39 is 5.54 Å². The lowest BCUT2D eigenvalue weighted by Crippen LogP contribution is -2.53. The lowest BCUT2D eigenvalue weighted by molar-refractivity contribution is -0.126. The summed E-state index contributed by atoms with van der Waals surface area (Å²) in [5, 5.41) is 3.01. The van der Waals surface area contributed by atoms with Gasteiger partial charge in [0.2, 0.25) is 5.91 Å². The molecule has 0 saturated heterocycles. The molecule has 0 heterocycles. The maximum absolute atomic E-state index is 12.0. The van der Waals surface area contributed by atoms with Crippen LogP contribution >= 0.6 is 0 Å². The van der Waals surface area contributed by atoms with Crippen molar-refractivity contribution in [2.45, 2.75) is 58.9 Å². The van der Waals surface area contributed by atoms with Crippen molar-refractivity contribution in [2.75, 3.05) is 6.54 Å². The predicted molar refractivity (Wildman–Crippen MR) is 67.0 cm³/mol. The lowest BCUT2D eigenvalue weighted by atomic mass is 9.82. The molecule has 3 heteroatoms. The van der Waals surface area contributed by atoms with Gasteiger partial charge in [0.1, 0.15) is 0 Å². The fraction of sp³-hybridized carbons (Fsp3) is 0.923. The van der Waals surface area contributed by atoms with E-state index in [4.69, 9.17) is 5.73 Å². The van der Waals surface area contributed by atoms with E-state index in [1.807, 2.05) is 0 Å². The minimum atomic E-state index is -0.586. The zero-order valence-electron chi connectivity index (χ0n) is 11.1. The molecular weight excluding hydrogens is 200 g/mol. The molecule has 0 aromatic heterocycles. The molecule has 0 aliphatic heterocycles. The highest BCUT2D eigenvalue weighted by Crippen LogP contribution is 2.28. The van der Waals surface area contributed by atoms with Crippen molar-refractivity contribution in [2.24, 2.45) is 17.1 Å². The molecule has 0 spiro atoms. The Morgan fingerprint density at radius 3 is 2.31 bits per heavy atom. The van der Waals surface area contributed by atoms with Gasteiger partial charge in [0.15, 0.2) is 0 Å². The number of nitrogens with two attached hydrogens (primary N) is 1. The molecule has 1 fully saturated rings. The van der Waals surface area contributed by atoms with Crippen LogP contribution in [0, 0.1) is 11.3 Å². The highest BCUT2D eigenvalue weighted by molar-refractivity contribution is 5.86. The Balaban J connectivity index is 2.41. The average molecular weight is 226 g/mol. The topological polar surface area (TPSA) is 55.1 Å². The number of hydrogen-bond donors (Lipinski definition) is 2. The Bertz CT molecular complexity index is 249. The van der Waals surface area contributed by atoms with E-state index in [-0.39, 0.29) is 11.3 Å². The van der Waals surface area contributed by atoms with E-state index in [0.29, 0.717) is 5.92 Å². The van der Waals surface area contributed by atoms with Crippen LogP contribution in [0.25, 0.3) is 0 Å². The SMILES string of the molecule is CC(CNC(=O)C1(N)CCCC1)C(C)(C)C. The molecule has 1 unspecified atom stereocenters. The van der Waals surface area contributed by atoms with Gasteiger partial charge in [-0.3, -0.25) is 4.79 Å². The highest BCUT2D eigenvalue weighted by atomic mass is 16.2. The maximum atomic E-state index is 12.0. The van der Waals surface area contributed by atoms with Crippen LogP contribution in [0.2, 0.25) is 0 Å². The first kappa shape index (κ1) is 13.5. The summed E-state index contributed by atoms with van der Waals surface area (Å²) in [6.45, 7) is 9.46. The summed E-state index contributed by atoms with van der Waals surface area (Å²) in [4.78, 5) is 12.0. The Morgan fingerprint density at radius 1 is 1.38 bits per heavy atom. The van der Waals surface area contributed by atoms with E-state index >= 15 is 0 Å². The van der Waals surface area contributed by atoms with Crippen molar-refractivity contribution in [1.29, 1.82) is 0 Å². The Kier molecular flexibility index (Phi) is 4.00. The molecule has 1 atom stereocenters. The molecule has 1 aliphatic carbocycles. The predicted octanol–water partition coefficient (Wildman–Crippen LogP) is 2.06. The molecule has 94 valence electrons. The number of carbonyl (C=O) groups excluding carboxylic acids is 1. The van der Waals surface area contributed by atoms with Crippen molar-refractivity contribution in [3.05, 3.63) is 0 Å². The second kappa shape index (κ2) is 4.74. The fourth-order valence-corrected chi connectivity index (χ4v) is 1.96. The van der Waals surface area contributed by atoms with Gasteiger partial charge in [-0.05, 0) is 24.2 Å². The normalized spacial score (nSPS) is 21.8. The minimum absolute atomic E-state index is 0.0427. The number of hydrogen-bond acceptors (Lipinski definition) is 2. The molecule has 3 N–H and O–H groups in total. The van der Waals surface area contributed by atoms with E-state index in [0.717, 1.165) is 32.2 Å². The number of nitrogens with one attached hydrogen (secondary N) is 1. The quantitative estimate of drug-likeness (QED) is 0.774. The van der Waals surface area contributed by atoms with Crippen molar-refractivity contribution in [1.82, 2.24) is 5.32 Å². The smallest absolute Gasteiger partial charge is 0.240 e. The van der Waals surface area contributed by atoms with Gasteiger partial charge in [-0.15, -0.1) is 0 Å². The third-order valence-electron chi connectivity index (χ3n) is 4.00. The molecule has 0 bridgehead atoms. The summed E-state index contributed by atoms with van der Waals surface area (Å²) in [5.41, 5.74) is 5.73. The highest BCUT2D eigenvalue weighted by Gasteiger charge is 2.37. The summed E-state index contributed by atoms with van der Waals surface area (Å²) < 4.78 is 0. The maximum Gasteiger partial charge on any atom is 0.240 e. The monoisotopic (exact) mass is 226 g/mol. The molecule has 1 saturated carbocycles. The third kappa shape index (κ3) is 3.21. The van der Waals surface area contributed by atoms with Gasteiger partial charge in [-0.2, -0.15) is 0 Å². The summed E-state index contributed by atoms with van der Waals surface area (Å²) in [6, 6.07) is 0. The van der Waals surface area contributed by atoms with Gasteiger partial charge in [0, 0.05) is 6.54 Å². The molecule has 3 nitrogen and oxygen atoms in total. The minimum Gasteiger partial charge on any atom is -0.354 e. The summed E-state index contributed by atoms with van der Waals surface area (Å²) in [7, 11) is 0. The molecule has 0 aromatic rings. The fourth-order valence-electron chi connectivity index (χ4n) is 1.96. The van der Waals surface area contributed by atoms with Crippen LogP contribution in [-0.2, 0) is 4.79 Å². The number of amides is 1. The van der Waals surface area contributed by atoms with Crippen LogP contribution in [0.4, 0.5) is 0 Å². The van der Waals surface area contributed by atoms with Crippen LogP contribution in [-0.4, -0.2) is 18.0 Å². The van der Waals surface area contributed by atoms with Crippen molar-refractivity contribution < 1.29 is 4.79 Å². The van der Waals surface area contributed by atoms with E-state index in [1.54, 1.807) is 0 Å².